The van der Waals surface area contributed by atoms with Gasteiger partial charge < -0.3 is 10.6 Å². The topological polar surface area (TPSA) is 57.9 Å². The van der Waals surface area contributed by atoms with Crippen LogP contribution in [0.25, 0.3) is 11.1 Å². The highest BCUT2D eigenvalue weighted by Crippen LogP contribution is 2.35. The molecule has 1 aromatic carbocycles. The van der Waals surface area contributed by atoms with Crippen LogP contribution in [-0.2, 0) is 0 Å². The largest absolute Gasteiger partial charge is 0.384 e. The van der Waals surface area contributed by atoms with Gasteiger partial charge in [-0.15, -0.1) is 0 Å². The summed E-state index contributed by atoms with van der Waals surface area (Å²) in [5.74, 6) is 1.14. The Bertz CT molecular complexity index is 600. The van der Waals surface area contributed by atoms with E-state index in [2.05, 4.69) is 34.3 Å². The summed E-state index contributed by atoms with van der Waals surface area (Å²) < 4.78 is 0. The van der Waals surface area contributed by atoms with E-state index in [1.165, 1.54) is 18.4 Å². The number of benzene rings is 1. The third-order valence-electron chi connectivity index (χ3n) is 4.14. The Morgan fingerprint density at radius 1 is 1.35 bits per heavy atom. The first kappa shape index (κ1) is 13.5. The maximum absolute atomic E-state index is 6.48. The van der Waals surface area contributed by atoms with Crippen LogP contribution in [0.4, 0.5) is 5.82 Å². The molecule has 1 fully saturated rings. The predicted molar refractivity (Wildman–Crippen MR) is 82.9 cm³/mol. The SMILES string of the molecule is CN1CCC(c2ccc(-c3cn[nH]c3N)cc2Cl)CC1. The molecule has 2 heterocycles. The van der Waals surface area contributed by atoms with Gasteiger partial charge in [-0.3, -0.25) is 5.10 Å². The van der Waals surface area contributed by atoms with E-state index in [4.69, 9.17) is 17.3 Å². The van der Waals surface area contributed by atoms with Crippen molar-refractivity contribution in [2.24, 2.45) is 0 Å². The van der Waals surface area contributed by atoms with Crippen LogP contribution >= 0.6 is 11.6 Å². The molecular formula is C15H19ClN4. The molecule has 0 unspecified atom stereocenters. The van der Waals surface area contributed by atoms with Gasteiger partial charge >= 0.3 is 0 Å². The van der Waals surface area contributed by atoms with E-state index < -0.39 is 0 Å². The van der Waals surface area contributed by atoms with Crippen molar-refractivity contribution < 1.29 is 0 Å². The summed E-state index contributed by atoms with van der Waals surface area (Å²) in [5, 5.41) is 7.53. The van der Waals surface area contributed by atoms with E-state index in [0.717, 1.165) is 29.2 Å². The maximum Gasteiger partial charge on any atom is 0.126 e. The zero-order chi connectivity index (χ0) is 14.1. The first-order valence-corrected chi connectivity index (χ1v) is 7.30. The lowest BCUT2D eigenvalue weighted by molar-refractivity contribution is 0.255. The van der Waals surface area contributed by atoms with E-state index in [9.17, 15) is 0 Å². The standard InChI is InChI=1S/C15H19ClN4/c1-20-6-4-10(5-7-20)12-3-2-11(8-14(12)16)13-9-18-19-15(13)17/h2-3,8-10H,4-7H2,1H3,(H3,17,18,19). The number of hydrogen-bond donors (Lipinski definition) is 2. The molecule has 106 valence electrons. The zero-order valence-corrected chi connectivity index (χ0v) is 12.3. The molecule has 0 saturated carbocycles. The third-order valence-corrected chi connectivity index (χ3v) is 4.47. The highest BCUT2D eigenvalue weighted by molar-refractivity contribution is 6.31. The van der Waals surface area contributed by atoms with Crippen molar-refractivity contribution in [3.63, 3.8) is 0 Å². The minimum atomic E-state index is 0.564. The van der Waals surface area contributed by atoms with Gasteiger partial charge in [0.2, 0.25) is 0 Å². The minimum Gasteiger partial charge on any atom is -0.384 e. The minimum absolute atomic E-state index is 0.564. The van der Waals surface area contributed by atoms with Crippen LogP contribution in [0.15, 0.2) is 24.4 Å². The van der Waals surface area contributed by atoms with Gasteiger partial charge in [-0.2, -0.15) is 5.10 Å². The van der Waals surface area contributed by atoms with E-state index in [-0.39, 0.29) is 0 Å². The van der Waals surface area contributed by atoms with E-state index in [1.54, 1.807) is 6.20 Å². The van der Waals surface area contributed by atoms with Crippen LogP contribution in [0.3, 0.4) is 0 Å². The van der Waals surface area contributed by atoms with Crippen molar-refractivity contribution in [1.82, 2.24) is 15.1 Å². The number of anilines is 1. The molecule has 2 aromatic rings. The number of aromatic amines is 1. The molecule has 0 bridgehead atoms. The van der Waals surface area contributed by atoms with Crippen LogP contribution in [0.5, 0.6) is 0 Å². The molecule has 3 rings (SSSR count). The average molecular weight is 291 g/mol. The summed E-state index contributed by atoms with van der Waals surface area (Å²) in [5.41, 5.74) is 9.02. The molecule has 0 spiro atoms. The molecular weight excluding hydrogens is 272 g/mol. The number of nitrogen functional groups attached to an aromatic ring is 1. The molecule has 1 aliphatic heterocycles. The number of nitrogens with two attached hydrogens (primary N) is 1. The normalized spacial score (nSPS) is 17.5. The number of aromatic nitrogens is 2. The highest BCUT2D eigenvalue weighted by Gasteiger charge is 2.20. The van der Waals surface area contributed by atoms with Crippen LogP contribution in [0.1, 0.15) is 24.3 Å². The number of H-pyrrole nitrogens is 1. The van der Waals surface area contributed by atoms with Crippen LogP contribution in [0, 0.1) is 0 Å². The van der Waals surface area contributed by atoms with Gasteiger partial charge in [0.15, 0.2) is 0 Å². The van der Waals surface area contributed by atoms with E-state index >= 15 is 0 Å². The third kappa shape index (κ3) is 2.53. The molecule has 1 aliphatic rings. The fraction of sp³-hybridized carbons (Fsp3) is 0.400. The molecule has 0 radical (unpaired) electrons. The molecule has 0 atom stereocenters. The molecule has 0 amide bonds. The second-order valence-electron chi connectivity index (χ2n) is 5.51. The van der Waals surface area contributed by atoms with Crippen LogP contribution < -0.4 is 5.73 Å². The summed E-state index contributed by atoms with van der Waals surface area (Å²) >= 11 is 6.48. The Morgan fingerprint density at radius 3 is 2.70 bits per heavy atom. The molecule has 20 heavy (non-hydrogen) atoms. The van der Waals surface area contributed by atoms with Crippen molar-refractivity contribution in [3.05, 3.63) is 35.0 Å². The number of rotatable bonds is 2. The molecule has 1 aromatic heterocycles. The molecule has 5 heteroatoms. The van der Waals surface area contributed by atoms with Gasteiger partial charge in [-0.05, 0) is 56.1 Å². The number of likely N-dealkylation sites (tertiary alicyclic amines) is 1. The van der Waals surface area contributed by atoms with Gasteiger partial charge in [0.25, 0.3) is 0 Å². The second kappa shape index (κ2) is 5.46. The number of nitrogens with zero attached hydrogens (tertiary/aromatic N) is 2. The number of hydrogen-bond acceptors (Lipinski definition) is 3. The second-order valence-corrected chi connectivity index (χ2v) is 5.92. The zero-order valence-electron chi connectivity index (χ0n) is 11.6. The van der Waals surface area contributed by atoms with Crippen molar-refractivity contribution in [2.45, 2.75) is 18.8 Å². The first-order valence-electron chi connectivity index (χ1n) is 6.92. The Kier molecular flexibility index (Phi) is 3.68. The lowest BCUT2D eigenvalue weighted by Crippen LogP contribution is -2.29. The van der Waals surface area contributed by atoms with Gasteiger partial charge in [-0.1, -0.05) is 23.7 Å². The van der Waals surface area contributed by atoms with Gasteiger partial charge in [-0.25, -0.2) is 0 Å². The lowest BCUT2D eigenvalue weighted by Gasteiger charge is -2.29. The number of piperidine rings is 1. The molecule has 4 nitrogen and oxygen atoms in total. The Morgan fingerprint density at radius 2 is 2.10 bits per heavy atom. The van der Waals surface area contributed by atoms with E-state index in [1.807, 2.05) is 6.07 Å². The first-order chi connectivity index (χ1) is 9.65. The summed E-state index contributed by atoms with van der Waals surface area (Å²) in [6.45, 7) is 2.27. The summed E-state index contributed by atoms with van der Waals surface area (Å²) in [6, 6.07) is 6.22. The maximum atomic E-state index is 6.48. The van der Waals surface area contributed by atoms with E-state index in [0.29, 0.717) is 11.7 Å². The monoisotopic (exact) mass is 290 g/mol. The quantitative estimate of drug-likeness (QED) is 0.893. The fourth-order valence-corrected chi connectivity index (χ4v) is 3.21. The fourth-order valence-electron chi connectivity index (χ4n) is 2.87. The average Bonchev–Trinajstić information content (AvgIpc) is 2.86. The summed E-state index contributed by atoms with van der Waals surface area (Å²) in [6.07, 6.45) is 4.07. The number of halogens is 1. The van der Waals surface area contributed by atoms with Crippen molar-refractivity contribution in [1.29, 1.82) is 0 Å². The van der Waals surface area contributed by atoms with Crippen LogP contribution in [-0.4, -0.2) is 35.2 Å². The van der Waals surface area contributed by atoms with Crippen molar-refractivity contribution >= 4 is 17.4 Å². The number of nitrogens with one attached hydrogen (secondary N) is 1. The van der Waals surface area contributed by atoms with Gasteiger partial charge in [0.1, 0.15) is 5.82 Å². The van der Waals surface area contributed by atoms with Gasteiger partial charge in [0, 0.05) is 10.6 Å². The molecule has 1 saturated heterocycles. The van der Waals surface area contributed by atoms with Gasteiger partial charge in [0.05, 0.1) is 6.20 Å². The lowest BCUT2D eigenvalue weighted by atomic mass is 9.88. The summed E-state index contributed by atoms with van der Waals surface area (Å²) in [4.78, 5) is 2.37. The van der Waals surface area contributed by atoms with Crippen molar-refractivity contribution in [3.8, 4) is 11.1 Å². The van der Waals surface area contributed by atoms with Crippen LogP contribution in [0.2, 0.25) is 5.02 Å². The molecule has 3 N–H and O–H groups in total. The Labute approximate surface area is 123 Å². The Hall–Kier alpha value is -1.52. The predicted octanol–water partition coefficient (Wildman–Crippen LogP) is 3.12. The summed E-state index contributed by atoms with van der Waals surface area (Å²) in [7, 11) is 2.17. The highest BCUT2D eigenvalue weighted by atomic mass is 35.5. The molecule has 0 aliphatic carbocycles. The Balaban J connectivity index is 1.86. The van der Waals surface area contributed by atoms with Crippen molar-refractivity contribution in [2.75, 3.05) is 25.9 Å². The smallest absolute Gasteiger partial charge is 0.126 e.